The number of hydrogen-bond acceptors (Lipinski definition) is 3. The van der Waals surface area contributed by atoms with Crippen molar-refractivity contribution in [1.82, 2.24) is 0 Å². The van der Waals surface area contributed by atoms with Crippen LogP contribution in [0.3, 0.4) is 0 Å². The normalized spacial score (nSPS) is 17.1. The van der Waals surface area contributed by atoms with Crippen LogP contribution in [0.25, 0.3) is 0 Å². The van der Waals surface area contributed by atoms with Crippen LogP contribution < -0.4 is 4.90 Å². The predicted octanol–water partition coefficient (Wildman–Crippen LogP) is 4.80. The number of carbonyl (C=O) groups is 1. The number of carbonyl (C=O) groups excluding carboxylic acids is 1. The summed E-state index contributed by atoms with van der Waals surface area (Å²) < 4.78 is 0. The lowest BCUT2D eigenvalue weighted by Crippen LogP contribution is -2.24. The Kier molecular flexibility index (Phi) is 4.81. The van der Waals surface area contributed by atoms with Crippen molar-refractivity contribution in [3.63, 3.8) is 0 Å². The summed E-state index contributed by atoms with van der Waals surface area (Å²) in [5.74, 6) is 1.56. The molecule has 0 atom stereocenters. The summed E-state index contributed by atoms with van der Waals surface area (Å²) in [6, 6.07) is 18.7. The Labute approximate surface area is 148 Å². The number of allylic oxidation sites excluding steroid dienone is 2. The number of thioether (sulfide) groups is 1. The van der Waals surface area contributed by atoms with Crippen LogP contribution in [0.2, 0.25) is 0 Å². The number of benzene rings is 2. The molecule has 0 aromatic heterocycles. The van der Waals surface area contributed by atoms with E-state index in [1.165, 1.54) is 16.8 Å². The molecule has 2 aromatic rings. The number of likely N-dealkylation sites (N-methyl/N-ethyl adjacent to an activating group) is 1. The molecule has 0 N–H and O–H groups in total. The van der Waals surface area contributed by atoms with E-state index in [0.717, 1.165) is 11.4 Å². The molecule has 2 nitrogen and oxygen atoms in total. The van der Waals surface area contributed by atoms with Gasteiger partial charge in [-0.25, -0.2) is 0 Å². The number of rotatable bonds is 5. The molecular formula is C21H23NOS. The minimum Gasteiger partial charge on any atom is -0.347 e. The maximum atomic E-state index is 12.4. The summed E-state index contributed by atoms with van der Waals surface area (Å²) in [7, 11) is 2.05. The average Bonchev–Trinajstić information content (AvgIpc) is 2.77. The van der Waals surface area contributed by atoms with E-state index in [0.29, 0.717) is 5.75 Å². The number of fused-ring (bicyclic) bond motifs is 1. The van der Waals surface area contributed by atoms with E-state index in [1.807, 2.05) is 37.4 Å². The smallest absolute Gasteiger partial charge is 0.167 e. The zero-order valence-corrected chi connectivity index (χ0v) is 15.3. The van der Waals surface area contributed by atoms with Crippen LogP contribution in [0.5, 0.6) is 0 Å². The van der Waals surface area contributed by atoms with E-state index in [9.17, 15) is 4.79 Å². The first-order valence-corrected chi connectivity index (χ1v) is 9.35. The van der Waals surface area contributed by atoms with Gasteiger partial charge in [0.05, 0.1) is 5.75 Å². The lowest BCUT2D eigenvalue weighted by atomic mass is 9.83. The molecule has 0 bridgehead atoms. The molecular weight excluding hydrogens is 314 g/mol. The Morgan fingerprint density at radius 2 is 1.75 bits per heavy atom. The Bertz CT molecular complexity index is 764. The molecule has 0 unspecified atom stereocenters. The number of anilines is 1. The highest BCUT2D eigenvalue weighted by Crippen LogP contribution is 2.46. The number of para-hydroxylation sites is 1. The second-order valence-corrected chi connectivity index (χ2v) is 7.66. The van der Waals surface area contributed by atoms with Gasteiger partial charge in [0.2, 0.25) is 0 Å². The lowest BCUT2D eigenvalue weighted by Gasteiger charge is -2.23. The van der Waals surface area contributed by atoms with Crippen molar-refractivity contribution in [3.8, 4) is 0 Å². The summed E-state index contributed by atoms with van der Waals surface area (Å²) in [4.78, 5) is 14.6. The first-order chi connectivity index (χ1) is 11.5. The van der Waals surface area contributed by atoms with E-state index >= 15 is 0 Å². The molecule has 2 aromatic carbocycles. The van der Waals surface area contributed by atoms with Crippen molar-refractivity contribution in [3.05, 3.63) is 77.5 Å². The summed E-state index contributed by atoms with van der Waals surface area (Å²) in [6.45, 7) is 4.37. The highest BCUT2D eigenvalue weighted by Gasteiger charge is 2.38. The first kappa shape index (κ1) is 16.8. The quantitative estimate of drug-likeness (QED) is 0.731. The lowest BCUT2D eigenvalue weighted by molar-refractivity contribution is -0.112. The van der Waals surface area contributed by atoms with Gasteiger partial charge in [-0.15, -0.1) is 11.8 Å². The van der Waals surface area contributed by atoms with Crippen LogP contribution in [0, 0.1) is 0 Å². The number of ketones is 1. The second-order valence-electron chi connectivity index (χ2n) is 6.68. The van der Waals surface area contributed by atoms with Gasteiger partial charge in [-0.05, 0) is 17.2 Å². The summed E-state index contributed by atoms with van der Waals surface area (Å²) >= 11 is 1.67. The molecule has 1 aliphatic rings. The third-order valence-electron chi connectivity index (χ3n) is 4.59. The van der Waals surface area contributed by atoms with Crippen LogP contribution in [0.15, 0.2) is 66.4 Å². The SMILES string of the molecule is CN1C(=CC(=O)CSCc2ccccc2)C(C)(C)c2ccccc21. The van der Waals surface area contributed by atoms with Gasteiger partial charge in [-0.3, -0.25) is 4.79 Å². The van der Waals surface area contributed by atoms with Crippen LogP contribution in [0.4, 0.5) is 5.69 Å². The van der Waals surface area contributed by atoms with Crippen LogP contribution in [-0.2, 0) is 16.0 Å². The van der Waals surface area contributed by atoms with Crippen molar-refractivity contribution < 1.29 is 4.79 Å². The van der Waals surface area contributed by atoms with Crippen LogP contribution in [-0.4, -0.2) is 18.6 Å². The van der Waals surface area contributed by atoms with Gasteiger partial charge < -0.3 is 4.90 Å². The summed E-state index contributed by atoms with van der Waals surface area (Å²) in [5, 5.41) is 0. The maximum Gasteiger partial charge on any atom is 0.167 e. The zero-order valence-electron chi connectivity index (χ0n) is 14.5. The van der Waals surface area contributed by atoms with Gasteiger partial charge in [0, 0.05) is 35.7 Å². The predicted molar refractivity (Wildman–Crippen MR) is 104 cm³/mol. The van der Waals surface area contributed by atoms with Crippen molar-refractivity contribution >= 4 is 23.2 Å². The highest BCUT2D eigenvalue weighted by atomic mass is 32.2. The molecule has 124 valence electrons. The molecule has 0 amide bonds. The topological polar surface area (TPSA) is 20.3 Å². The van der Waals surface area contributed by atoms with E-state index in [-0.39, 0.29) is 11.2 Å². The summed E-state index contributed by atoms with van der Waals surface area (Å²) in [6.07, 6.45) is 1.83. The monoisotopic (exact) mass is 337 g/mol. The standard InChI is InChI=1S/C21H23NOS/c1-21(2)18-11-7-8-12-19(18)22(3)20(21)13-17(23)15-24-14-16-9-5-4-6-10-16/h4-13H,14-15H2,1-3H3. The molecule has 3 rings (SSSR count). The third kappa shape index (κ3) is 3.27. The third-order valence-corrected chi connectivity index (χ3v) is 5.62. The zero-order chi connectivity index (χ0) is 17.2. The average molecular weight is 337 g/mol. The molecule has 0 saturated heterocycles. The van der Waals surface area contributed by atoms with E-state index in [2.05, 4.69) is 49.1 Å². The van der Waals surface area contributed by atoms with Gasteiger partial charge in [0.15, 0.2) is 5.78 Å². The Hall–Kier alpha value is -2.00. The molecule has 0 radical (unpaired) electrons. The number of nitrogens with zero attached hydrogens (tertiary/aromatic N) is 1. The fourth-order valence-corrected chi connectivity index (χ4v) is 4.11. The Morgan fingerprint density at radius 1 is 1.08 bits per heavy atom. The van der Waals surface area contributed by atoms with Gasteiger partial charge in [0.1, 0.15) is 0 Å². The first-order valence-electron chi connectivity index (χ1n) is 8.20. The van der Waals surface area contributed by atoms with E-state index in [1.54, 1.807) is 11.8 Å². The maximum absolute atomic E-state index is 12.4. The molecule has 24 heavy (non-hydrogen) atoms. The number of hydrogen-bond donors (Lipinski definition) is 0. The minimum atomic E-state index is -0.134. The Morgan fingerprint density at radius 3 is 2.46 bits per heavy atom. The molecule has 0 aliphatic carbocycles. The largest absolute Gasteiger partial charge is 0.347 e. The minimum absolute atomic E-state index is 0.134. The Balaban J connectivity index is 1.69. The second kappa shape index (κ2) is 6.86. The van der Waals surface area contributed by atoms with Crippen molar-refractivity contribution in [2.24, 2.45) is 0 Å². The van der Waals surface area contributed by atoms with E-state index < -0.39 is 0 Å². The molecule has 1 heterocycles. The fourth-order valence-electron chi connectivity index (χ4n) is 3.30. The molecule has 0 fully saturated rings. The van der Waals surface area contributed by atoms with Gasteiger partial charge >= 0.3 is 0 Å². The highest BCUT2D eigenvalue weighted by molar-refractivity contribution is 7.99. The van der Waals surface area contributed by atoms with Crippen molar-refractivity contribution in [1.29, 1.82) is 0 Å². The molecule has 0 saturated carbocycles. The van der Waals surface area contributed by atoms with E-state index in [4.69, 9.17) is 0 Å². The van der Waals surface area contributed by atoms with Gasteiger partial charge in [-0.2, -0.15) is 0 Å². The van der Waals surface area contributed by atoms with Crippen LogP contribution >= 0.6 is 11.8 Å². The van der Waals surface area contributed by atoms with Gasteiger partial charge in [-0.1, -0.05) is 62.4 Å². The molecule has 3 heteroatoms. The molecule has 0 spiro atoms. The molecule has 1 aliphatic heterocycles. The van der Waals surface area contributed by atoms with Crippen molar-refractivity contribution in [2.75, 3.05) is 17.7 Å². The fraction of sp³-hybridized carbons (Fsp3) is 0.286. The van der Waals surface area contributed by atoms with Crippen molar-refractivity contribution in [2.45, 2.75) is 25.0 Å². The summed E-state index contributed by atoms with van der Waals surface area (Å²) in [5.41, 5.74) is 4.68. The van der Waals surface area contributed by atoms with Crippen LogP contribution in [0.1, 0.15) is 25.0 Å². The van der Waals surface area contributed by atoms with Gasteiger partial charge in [0.25, 0.3) is 0 Å².